The highest BCUT2D eigenvalue weighted by atomic mass is 16.5. The second-order valence-electron chi connectivity index (χ2n) is 4.45. The smallest absolute Gasteiger partial charge is 0.246 e. The molecule has 0 aromatic carbocycles. The minimum absolute atomic E-state index is 0.0594. The van der Waals surface area contributed by atoms with Crippen molar-refractivity contribution >= 4 is 5.91 Å². The summed E-state index contributed by atoms with van der Waals surface area (Å²) in [7, 11) is 0. The molecular formula is C12H24N2O3. The standard InChI is InChI=1S/C12H24N2O3/c1-2-10(5-8-15)14-12(16)9-17-11-3-6-13-7-4-11/h10-11,13,15H,2-9H2,1H3,(H,14,16). The second-order valence-corrected chi connectivity index (χ2v) is 4.45. The van der Waals surface area contributed by atoms with Gasteiger partial charge in [0.25, 0.3) is 0 Å². The number of ether oxygens (including phenoxy) is 1. The largest absolute Gasteiger partial charge is 0.396 e. The number of hydrogen-bond donors (Lipinski definition) is 3. The molecule has 3 N–H and O–H groups in total. The van der Waals surface area contributed by atoms with Crippen LogP contribution in [0.25, 0.3) is 0 Å². The normalized spacial score (nSPS) is 18.9. The molecule has 1 amide bonds. The third kappa shape index (κ3) is 6.00. The Balaban J connectivity index is 2.14. The lowest BCUT2D eigenvalue weighted by Gasteiger charge is -2.23. The lowest BCUT2D eigenvalue weighted by molar-refractivity contribution is -0.129. The third-order valence-electron chi connectivity index (χ3n) is 3.07. The summed E-state index contributed by atoms with van der Waals surface area (Å²) in [5.41, 5.74) is 0. The molecule has 0 aromatic heterocycles. The molecule has 1 aliphatic rings. The Morgan fingerprint density at radius 3 is 2.82 bits per heavy atom. The highest BCUT2D eigenvalue weighted by Gasteiger charge is 2.16. The van der Waals surface area contributed by atoms with Gasteiger partial charge >= 0.3 is 0 Å². The van der Waals surface area contributed by atoms with Crippen LogP contribution in [0, 0.1) is 0 Å². The fourth-order valence-corrected chi connectivity index (χ4v) is 1.96. The maximum absolute atomic E-state index is 11.6. The number of carbonyl (C=O) groups is 1. The first kappa shape index (κ1) is 14.4. The zero-order valence-electron chi connectivity index (χ0n) is 10.6. The van der Waals surface area contributed by atoms with E-state index in [0.29, 0.717) is 6.42 Å². The van der Waals surface area contributed by atoms with Crippen LogP contribution >= 0.6 is 0 Å². The summed E-state index contributed by atoms with van der Waals surface area (Å²) < 4.78 is 5.55. The van der Waals surface area contributed by atoms with Crippen LogP contribution in [0.2, 0.25) is 0 Å². The molecule has 1 rings (SSSR count). The van der Waals surface area contributed by atoms with Crippen molar-refractivity contribution in [2.75, 3.05) is 26.3 Å². The average molecular weight is 244 g/mol. The maximum atomic E-state index is 11.6. The van der Waals surface area contributed by atoms with Gasteiger partial charge in [0.1, 0.15) is 6.61 Å². The topological polar surface area (TPSA) is 70.6 Å². The van der Waals surface area contributed by atoms with Gasteiger partial charge in [-0.3, -0.25) is 4.79 Å². The average Bonchev–Trinajstić information content (AvgIpc) is 2.37. The van der Waals surface area contributed by atoms with E-state index in [4.69, 9.17) is 9.84 Å². The second kappa shape index (κ2) is 8.44. The van der Waals surface area contributed by atoms with Gasteiger partial charge in [-0.2, -0.15) is 0 Å². The van der Waals surface area contributed by atoms with Crippen LogP contribution in [-0.4, -0.2) is 49.5 Å². The third-order valence-corrected chi connectivity index (χ3v) is 3.07. The van der Waals surface area contributed by atoms with E-state index in [1.54, 1.807) is 0 Å². The summed E-state index contributed by atoms with van der Waals surface area (Å²) in [5.74, 6) is -0.0798. The monoisotopic (exact) mass is 244 g/mol. The van der Waals surface area contributed by atoms with E-state index < -0.39 is 0 Å². The first-order valence-electron chi connectivity index (χ1n) is 6.48. The van der Waals surface area contributed by atoms with Gasteiger partial charge in [0.05, 0.1) is 6.10 Å². The molecule has 0 aliphatic carbocycles. The predicted octanol–water partition coefficient (Wildman–Crippen LogP) is 0.0322. The van der Waals surface area contributed by atoms with Crippen molar-refractivity contribution in [2.24, 2.45) is 0 Å². The molecular weight excluding hydrogens is 220 g/mol. The molecule has 0 radical (unpaired) electrons. The lowest BCUT2D eigenvalue weighted by Crippen LogP contribution is -2.39. The number of amides is 1. The van der Waals surface area contributed by atoms with Gasteiger partial charge in [-0.15, -0.1) is 0 Å². The Morgan fingerprint density at radius 2 is 2.24 bits per heavy atom. The van der Waals surface area contributed by atoms with Crippen LogP contribution in [0.5, 0.6) is 0 Å². The lowest BCUT2D eigenvalue weighted by atomic mass is 10.1. The Kier molecular flexibility index (Phi) is 7.16. The van der Waals surface area contributed by atoms with Crippen molar-refractivity contribution in [3.8, 4) is 0 Å². The van der Waals surface area contributed by atoms with Crippen LogP contribution in [0.3, 0.4) is 0 Å². The van der Waals surface area contributed by atoms with Gasteiger partial charge in [-0.25, -0.2) is 0 Å². The SMILES string of the molecule is CCC(CCO)NC(=O)COC1CCNCC1. The molecule has 1 saturated heterocycles. The number of hydrogen-bond acceptors (Lipinski definition) is 4. The molecule has 1 heterocycles. The van der Waals surface area contributed by atoms with Crippen molar-refractivity contribution < 1.29 is 14.6 Å². The van der Waals surface area contributed by atoms with Crippen LogP contribution in [0.15, 0.2) is 0 Å². The van der Waals surface area contributed by atoms with Gasteiger partial charge in [0.2, 0.25) is 5.91 Å². The fourth-order valence-electron chi connectivity index (χ4n) is 1.96. The summed E-state index contributed by atoms with van der Waals surface area (Å²) in [4.78, 5) is 11.6. The van der Waals surface area contributed by atoms with E-state index in [0.717, 1.165) is 32.4 Å². The minimum atomic E-state index is -0.0798. The molecule has 5 heteroatoms. The fraction of sp³-hybridized carbons (Fsp3) is 0.917. The summed E-state index contributed by atoms with van der Waals surface area (Å²) in [6, 6.07) is 0.0594. The summed E-state index contributed by atoms with van der Waals surface area (Å²) in [6.45, 7) is 4.16. The maximum Gasteiger partial charge on any atom is 0.246 e. The summed E-state index contributed by atoms with van der Waals surface area (Å²) >= 11 is 0. The molecule has 0 saturated carbocycles. The minimum Gasteiger partial charge on any atom is -0.396 e. The van der Waals surface area contributed by atoms with E-state index in [1.165, 1.54) is 0 Å². The molecule has 17 heavy (non-hydrogen) atoms. The van der Waals surface area contributed by atoms with Crippen LogP contribution < -0.4 is 10.6 Å². The van der Waals surface area contributed by atoms with Crippen LogP contribution in [-0.2, 0) is 9.53 Å². The van der Waals surface area contributed by atoms with Crippen LogP contribution in [0.4, 0.5) is 0 Å². The van der Waals surface area contributed by atoms with Crippen molar-refractivity contribution in [3.63, 3.8) is 0 Å². The Morgan fingerprint density at radius 1 is 1.53 bits per heavy atom. The molecule has 0 spiro atoms. The molecule has 100 valence electrons. The molecule has 1 atom stereocenters. The molecule has 1 unspecified atom stereocenters. The van der Waals surface area contributed by atoms with E-state index in [2.05, 4.69) is 10.6 Å². The van der Waals surface area contributed by atoms with E-state index in [1.807, 2.05) is 6.92 Å². The molecule has 1 fully saturated rings. The number of aliphatic hydroxyl groups is 1. The highest BCUT2D eigenvalue weighted by molar-refractivity contribution is 5.77. The van der Waals surface area contributed by atoms with Crippen molar-refractivity contribution in [1.82, 2.24) is 10.6 Å². The van der Waals surface area contributed by atoms with Crippen LogP contribution in [0.1, 0.15) is 32.6 Å². The number of rotatable bonds is 7. The highest BCUT2D eigenvalue weighted by Crippen LogP contribution is 2.06. The first-order valence-corrected chi connectivity index (χ1v) is 6.48. The Bertz CT molecular complexity index is 218. The summed E-state index contributed by atoms with van der Waals surface area (Å²) in [6.07, 6.45) is 3.59. The van der Waals surface area contributed by atoms with Gasteiger partial charge in [-0.05, 0) is 38.8 Å². The van der Waals surface area contributed by atoms with Gasteiger partial charge < -0.3 is 20.5 Å². The molecule has 1 aliphatic heterocycles. The first-order chi connectivity index (χ1) is 8.26. The summed E-state index contributed by atoms with van der Waals surface area (Å²) in [5, 5.41) is 14.9. The van der Waals surface area contributed by atoms with Gasteiger partial charge in [-0.1, -0.05) is 6.92 Å². The van der Waals surface area contributed by atoms with E-state index in [9.17, 15) is 4.79 Å². The Labute approximate surface area is 103 Å². The number of piperidine rings is 1. The van der Waals surface area contributed by atoms with Gasteiger partial charge in [0.15, 0.2) is 0 Å². The van der Waals surface area contributed by atoms with Crippen molar-refractivity contribution in [3.05, 3.63) is 0 Å². The molecule has 5 nitrogen and oxygen atoms in total. The van der Waals surface area contributed by atoms with E-state index >= 15 is 0 Å². The molecule has 0 bridgehead atoms. The van der Waals surface area contributed by atoms with Gasteiger partial charge in [0, 0.05) is 12.6 Å². The predicted molar refractivity (Wildman–Crippen MR) is 65.8 cm³/mol. The quantitative estimate of drug-likeness (QED) is 0.591. The Hall–Kier alpha value is -0.650. The number of carbonyl (C=O) groups excluding carboxylic acids is 1. The number of nitrogens with one attached hydrogen (secondary N) is 2. The molecule has 0 aromatic rings. The van der Waals surface area contributed by atoms with Crippen molar-refractivity contribution in [2.45, 2.75) is 44.8 Å². The van der Waals surface area contributed by atoms with E-state index in [-0.39, 0.29) is 31.3 Å². The zero-order valence-corrected chi connectivity index (χ0v) is 10.6. The zero-order chi connectivity index (χ0) is 12.5. The van der Waals surface area contributed by atoms with Crippen molar-refractivity contribution in [1.29, 1.82) is 0 Å². The number of aliphatic hydroxyl groups excluding tert-OH is 1.